The molecule has 6 heteroatoms. The Balaban J connectivity index is 0.00000400. The van der Waals surface area contributed by atoms with Gasteiger partial charge in [-0.25, -0.2) is 0 Å². The predicted molar refractivity (Wildman–Crippen MR) is 97.7 cm³/mol. The molecule has 0 aliphatic heterocycles. The average molecular weight is 407 g/mol. The number of rotatable bonds is 8. The van der Waals surface area contributed by atoms with Gasteiger partial charge in [-0.1, -0.05) is 12.1 Å². The molecule has 0 atom stereocenters. The third-order valence-electron chi connectivity index (χ3n) is 2.59. The topological polar surface area (TPSA) is 68.9 Å². The molecule has 0 bridgehead atoms. The zero-order valence-electron chi connectivity index (χ0n) is 13.0. The standard InChI is InChI=1S/C15H25N3O2.HI/c1-12(2)20-14-6-4-13(5-7-14)8-9-17-15(16)18-10-11-19-3;/h4-7,12H,8-11H2,1-3H3,(H3,16,17,18);1H. The fourth-order valence-electron chi connectivity index (χ4n) is 1.66. The lowest BCUT2D eigenvalue weighted by Crippen LogP contribution is -2.33. The SMILES string of the molecule is COCCN=C(N)NCCc1ccc(OC(C)C)cc1.I. The Kier molecular flexibility index (Phi) is 11.1. The summed E-state index contributed by atoms with van der Waals surface area (Å²) in [5.41, 5.74) is 6.96. The lowest BCUT2D eigenvalue weighted by Gasteiger charge is -2.10. The van der Waals surface area contributed by atoms with Crippen molar-refractivity contribution < 1.29 is 9.47 Å². The van der Waals surface area contributed by atoms with Crippen molar-refractivity contribution in [3.05, 3.63) is 29.8 Å². The Bertz CT molecular complexity index is 408. The van der Waals surface area contributed by atoms with E-state index in [9.17, 15) is 0 Å². The highest BCUT2D eigenvalue weighted by Gasteiger charge is 1.98. The summed E-state index contributed by atoms with van der Waals surface area (Å²) in [5, 5.41) is 3.08. The second-order valence-corrected chi connectivity index (χ2v) is 4.75. The third-order valence-corrected chi connectivity index (χ3v) is 2.59. The van der Waals surface area contributed by atoms with Crippen LogP contribution in [0.3, 0.4) is 0 Å². The number of guanidine groups is 1. The van der Waals surface area contributed by atoms with E-state index in [2.05, 4.69) is 22.4 Å². The Labute approximate surface area is 144 Å². The molecule has 0 spiro atoms. The highest BCUT2D eigenvalue weighted by Crippen LogP contribution is 2.13. The van der Waals surface area contributed by atoms with Gasteiger partial charge in [-0.05, 0) is 38.0 Å². The summed E-state index contributed by atoms with van der Waals surface area (Å²) >= 11 is 0. The summed E-state index contributed by atoms with van der Waals surface area (Å²) in [6.45, 7) is 5.95. The molecule has 0 saturated heterocycles. The summed E-state index contributed by atoms with van der Waals surface area (Å²) in [7, 11) is 1.64. The fraction of sp³-hybridized carbons (Fsp3) is 0.533. The van der Waals surface area contributed by atoms with Gasteiger partial charge in [0.1, 0.15) is 5.75 Å². The van der Waals surface area contributed by atoms with Crippen molar-refractivity contribution in [3.63, 3.8) is 0 Å². The monoisotopic (exact) mass is 407 g/mol. The molecular weight excluding hydrogens is 381 g/mol. The minimum absolute atomic E-state index is 0. The quantitative estimate of drug-likeness (QED) is 0.300. The Morgan fingerprint density at radius 3 is 2.52 bits per heavy atom. The van der Waals surface area contributed by atoms with Crippen molar-refractivity contribution in [2.75, 3.05) is 26.8 Å². The summed E-state index contributed by atoms with van der Waals surface area (Å²) in [6.07, 6.45) is 1.09. The number of aliphatic imine (C=N–C) groups is 1. The van der Waals surface area contributed by atoms with Crippen molar-refractivity contribution in [3.8, 4) is 5.75 Å². The third kappa shape index (κ3) is 9.52. The second kappa shape index (κ2) is 11.6. The molecule has 1 rings (SSSR count). The molecule has 0 fully saturated rings. The van der Waals surface area contributed by atoms with Gasteiger partial charge in [0.25, 0.3) is 0 Å². The molecule has 5 nitrogen and oxygen atoms in total. The number of hydrogen-bond donors (Lipinski definition) is 2. The van der Waals surface area contributed by atoms with Crippen molar-refractivity contribution in [1.29, 1.82) is 0 Å². The molecule has 0 amide bonds. The van der Waals surface area contributed by atoms with E-state index in [0.717, 1.165) is 18.7 Å². The molecule has 0 aliphatic rings. The number of nitrogens with one attached hydrogen (secondary N) is 1. The van der Waals surface area contributed by atoms with Crippen molar-refractivity contribution in [1.82, 2.24) is 5.32 Å². The first-order chi connectivity index (χ1) is 9.61. The summed E-state index contributed by atoms with van der Waals surface area (Å²) in [6, 6.07) is 8.12. The molecule has 1 aromatic carbocycles. The molecule has 1 aromatic rings. The van der Waals surface area contributed by atoms with E-state index in [1.165, 1.54) is 5.56 Å². The van der Waals surface area contributed by atoms with Crippen LogP contribution in [0.1, 0.15) is 19.4 Å². The van der Waals surface area contributed by atoms with E-state index in [1.54, 1.807) is 7.11 Å². The summed E-state index contributed by atoms with van der Waals surface area (Å²) in [4.78, 5) is 4.13. The van der Waals surface area contributed by atoms with Gasteiger partial charge >= 0.3 is 0 Å². The van der Waals surface area contributed by atoms with Gasteiger partial charge in [-0.3, -0.25) is 4.99 Å². The molecule has 3 N–H and O–H groups in total. The molecule has 0 saturated carbocycles. The van der Waals surface area contributed by atoms with Crippen LogP contribution in [-0.2, 0) is 11.2 Å². The molecule has 120 valence electrons. The maximum Gasteiger partial charge on any atom is 0.188 e. The lowest BCUT2D eigenvalue weighted by atomic mass is 10.1. The number of nitrogens with zero attached hydrogens (tertiary/aromatic N) is 1. The van der Waals surface area contributed by atoms with Crippen molar-refractivity contribution in [2.24, 2.45) is 10.7 Å². The highest BCUT2D eigenvalue weighted by atomic mass is 127. The van der Waals surface area contributed by atoms with Crippen LogP contribution < -0.4 is 15.8 Å². The van der Waals surface area contributed by atoms with Crippen LogP contribution >= 0.6 is 24.0 Å². The normalized spacial score (nSPS) is 11.1. The molecule has 0 radical (unpaired) electrons. The number of ether oxygens (including phenoxy) is 2. The van der Waals surface area contributed by atoms with E-state index < -0.39 is 0 Å². The molecular formula is C15H26IN3O2. The number of nitrogens with two attached hydrogens (primary N) is 1. The summed E-state index contributed by atoms with van der Waals surface area (Å²) < 4.78 is 10.5. The van der Waals surface area contributed by atoms with Crippen LogP contribution in [-0.4, -0.2) is 38.9 Å². The first kappa shape index (κ1) is 20.0. The van der Waals surface area contributed by atoms with Gasteiger partial charge in [-0.15, -0.1) is 24.0 Å². The van der Waals surface area contributed by atoms with Crippen LogP contribution in [0.2, 0.25) is 0 Å². The van der Waals surface area contributed by atoms with E-state index in [-0.39, 0.29) is 30.1 Å². The summed E-state index contributed by atoms with van der Waals surface area (Å²) in [5.74, 6) is 1.36. The minimum Gasteiger partial charge on any atom is -0.491 e. The number of halogens is 1. The number of benzene rings is 1. The largest absolute Gasteiger partial charge is 0.491 e. The molecule has 0 aromatic heterocycles. The molecule has 0 heterocycles. The number of methoxy groups -OCH3 is 1. The zero-order valence-corrected chi connectivity index (χ0v) is 15.3. The highest BCUT2D eigenvalue weighted by molar-refractivity contribution is 14.0. The van der Waals surface area contributed by atoms with Crippen LogP contribution in [0.5, 0.6) is 5.75 Å². The van der Waals surface area contributed by atoms with Crippen LogP contribution in [0.25, 0.3) is 0 Å². The second-order valence-electron chi connectivity index (χ2n) is 4.75. The Morgan fingerprint density at radius 1 is 1.29 bits per heavy atom. The first-order valence-electron chi connectivity index (χ1n) is 6.90. The van der Waals surface area contributed by atoms with E-state index in [0.29, 0.717) is 19.1 Å². The van der Waals surface area contributed by atoms with Crippen LogP contribution in [0.4, 0.5) is 0 Å². The predicted octanol–water partition coefficient (Wildman–Crippen LogP) is 2.19. The van der Waals surface area contributed by atoms with Gasteiger partial charge in [0.05, 0.1) is 19.3 Å². The molecule has 0 aliphatic carbocycles. The van der Waals surface area contributed by atoms with Gasteiger partial charge in [0.15, 0.2) is 5.96 Å². The molecule has 21 heavy (non-hydrogen) atoms. The number of hydrogen-bond acceptors (Lipinski definition) is 3. The minimum atomic E-state index is 0. The lowest BCUT2D eigenvalue weighted by molar-refractivity contribution is 0.208. The first-order valence-corrected chi connectivity index (χ1v) is 6.90. The van der Waals surface area contributed by atoms with E-state index in [4.69, 9.17) is 15.2 Å². The van der Waals surface area contributed by atoms with Gasteiger partial charge in [-0.2, -0.15) is 0 Å². The molecule has 0 unspecified atom stereocenters. The zero-order chi connectivity index (χ0) is 14.8. The van der Waals surface area contributed by atoms with Crippen LogP contribution in [0.15, 0.2) is 29.3 Å². The maximum atomic E-state index is 5.72. The Morgan fingerprint density at radius 2 is 1.95 bits per heavy atom. The van der Waals surface area contributed by atoms with E-state index >= 15 is 0 Å². The van der Waals surface area contributed by atoms with Gasteiger partial charge in [0, 0.05) is 13.7 Å². The van der Waals surface area contributed by atoms with Crippen molar-refractivity contribution >= 4 is 29.9 Å². The maximum absolute atomic E-state index is 5.72. The van der Waals surface area contributed by atoms with Crippen molar-refractivity contribution in [2.45, 2.75) is 26.4 Å². The van der Waals surface area contributed by atoms with Crippen LogP contribution in [0, 0.1) is 0 Å². The van der Waals surface area contributed by atoms with Gasteiger partial charge in [0.2, 0.25) is 0 Å². The van der Waals surface area contributed by atoms with E-state index in [1.807, 2.05) is 26.0 Å². The fourth-order valence-corrected chi connectivity index (χ4v) is 1.66. The average Bonchev–Trinajstić information content (AvgIpc) is 2.40. The smallest absolute Gasteiger partial charge is 0.188 e. The van der Waals surface area contributed by atoms with Gasteiger partial charge < -0.3 is 20.5 Å². The Hall–Kier alpha value is -1.02.